The highest BCUT2D eigenvalue weighted by molar-refractivity contribution is 7.10. The maximum atomic E-state index is 12.3. The lowest BCUT2D eigenvalue weighted by atomic mass is 9.98. The molecule has 2 atom stereocenters. The normalized spacial score (nSPS) is 26.7. The lowest BCUT2D eigenvalue weighted by molar-refractivity contribution is -0.132. The number of thiophene rings is 1. The van der Waals surface area contributed by atoms with Gasteiger partial charge in [0.05, 0.1) is 5.60 Å². The van der Waals surface area contributed by atoms with E-state index in [4.69, 9.17) is 5.73 Å². The van der Waals surface area contributed by atoms with Gasteiger partial charge in [0.2, 0.25) is 5.91 Å². The molecule has 5 heteroatoms. The van der Waals surface area contributed by atoms with Crippen molar-refractivity contribution in [2.75, 3.05) is 13.1 Å². The van der Waals surface area contributed by atoms with Gasteiger partial charge < -0.3 is 15.7 Å². The van der Waals surface area contributed by atoms with E-state index in [2.05, 4.69) is 0 Å². The van der Waals surface area contributed by atoms with E-state index in [1.807, 2.05) is 24.4 Å². The van der Waals surface area contributed by atoms with E-state index < -0.39 is 11.6 Å². The summed E-state index contributed by atoms with van der Waals surface area (Å²) < 4.78 is 0. The van der Waals surface area contributed by atoms with Crippen LogP contribution >= 0.6 is 11.3 Å². The van der Waals surface area contributed by atoms with Crippen molar-refractivity contribution in [2.24, 2.45) is 5.73 Å². The Bertz CT molecular complexity index is 403. The average molecular weight is 268 g/mol. The number of nitrogens with zero attached hydrogens (tertiary/aromatic N) is 1. The third kappa shape index (κ3) is 3.10. The van der Waals surface area contributed by atoms with E-state index in [0.29, 0.717) is 19.5 Å². The van der Waals surface area contributed by atoms with Crippen LogP contribution in [0, 0.1) is 0 Å². The molecule has 2 unspecified atom stereocenters. The van der Waals surface area contributed by atoms with E-state index in [1.54, 1.807) is 4.90 Å². The maximum absolute atomic E-state index is 12.3. The van der Waals surface area contributed by atoms with Gasteiger partial charge in [-0.05, 0) is 37.6 Å². The lowest BCUT2D eigenvalue weighted by Gasteiger charge is -2.24. The van der Waals surface area contributed by atoms with Crippen molar-refractivity contribution in [3.8, 4) is 0 Å². The van der Waals surface area contributed by atoms with Gasteiger partial charge >= 0.3 is 0 Å². The standard InChI is InChI=1S/C13H20N2O2S/c1-13(17)5-3-7-15(8-6-13)12(16)11(14)10-4-2-9-18-10/h2,4,9,11,17H,3,5-8,14H2,1H3. The molecule has 0 saturated carbocycles. The first-order chi connectivity index (χ1) is 8.49. The summed E-state index contributed by atoms with van der Waals surface area (Å²) in [6.45, 7) is 3.11. The van der Waals surface area contributed by atoms with E-state index in [0.717, 1.165) is 17.7 Å². The molecule has 3 N–H and O–H groups in total. The van der Waals surface area contributed by atoms with Crippen molar-refractivity contribution in [3.63, 3.8) is 0 Å². The molecule has 1 aliphatic heterocycles. The summed E-state index contributed by atoms with van der Waals surface area (Å²) in [4.78, 5) is 15.0. The molecule has 0 spiro atoms. The van der Waals surface area contributed by atoms with Crippen molar-refractivity contribution in [1.82, 2.24) is 4.90 Å². The van der Waals surface area contributed by atoms with Crippen molar-refractivity contribution in [2.45, 2.75) is 37.8 Å². The first-order valence-electron chi connectivity index (χ1n) is 6.30. The predicted octanol–water partition coefficient (Wildman–Crippen LogP) is 1.51. The number of carbonyl (C=O) groups is 1. The molecule has 1 aromatic rings. The second-order valence-electron chi connectivity index (χ2n) is 5.17. The average Bonchev–Trinajstić information content (AvgIpc) is 2.79. The number of nitrogens with two attached hydrogens (primary N) is 1. The molecule has 2 rings (SSSR count). The highest BCUT2D eigenvalue weighted by atomic mass is 32.1. The summed E-state index contributed by atoms with van der Waals surface area (Å²) in [5, 5.41) is 11.9. The second-order valence-corrected chi connectivity index (χ2v) is 6.15. The Kier molecular flexibility index (Phi) is 4.04. The summed E-state index contributed by atoms with van der Waals surface area (Å²) in [5.41, 5.74) is 5.34. The largest absolute Gasteiger partial charge is 0.390 e. The van der Waals surface area contributed by atoms with E-state index in [9.17, 15) is 9.90 Å². The summed E-state index contributed by atoms with van der Waals surface area (Å²) in [6, 6.07) is 3.23. The van der Waals surface area contributed by atoms with Gasteiger partial charge in [0.25, 0.3) is 0 Å². The molecular formula is C13H20N2O2S. The Labute approximate surface area is 111 Å². The van der Waals surface area contributed by atoms with Crippen LogP contribution in [0.1, 0.15) is 37.1 Å². The van der Waals surface area contributed by atoms with E-state index >= 15 is 0 Å². The van der Waals surface area contributed by atoms with Crippen molar-refractivity contribution >= 4 is 17.2 Å². The zero-order valence-electron chi connectivity index (χ0n) is 10.6. The minimum Gasteiger partial charge on any atom is -0.390 e. The highest BCUT2D eigenvalue weighted by Gasteiger charge is 2.29. The number of likely N-dealkylation sites (tertiary alicyclic amines) is 1. The van der Waals surface area contributed by atoms with E-state index in [1.165, 1.54) is 11.3 Å². The zero-order chi connectivity index (χ0) is 13.2. The Balaban J connectivity index is 2.01. The molecule has 0 aliphatic carbocycles. The number of rotatable bonds is 2. The Morgan fingerprint density at radius 1 is 1.56 bits per heavy atom. The number of hydrogen-bond donors (Lipinski definition) is 2. The minimum atomic E-state index is -0.651. The quantitative estimate of drug-likeness (QED) is 0.854. The predicted molar refractivity (Wildman–Crippen MR) is 72.3 cm³/mol. The van der Waals surface area contributed by atoms with Crippen LogP contribution in [0.25, 0.3) is 0 Å². The van der Waals surface area contributed by atoms with Gasteiger partial charge in [0.1, 0.15) is 6.04 Å². The molecule has 0 bridgehead atoms. The third-order valence-corrected chi connectivity index (χ3v) is 4.45. The summed E-state index contributed by atoms with van der Waals surface area (Å²) >= 11 is 1.51. The van der Waals surface area contributed by atoms with Crippen LogP contribution in [0.15, 0.2) is 17.5 Å². The molecule has 1 fully saturated rings. The van der Waals surface area contributed by atoms with Gasteiger partial charge in [-0.2, -0.15) is 0 Å². The van der Waals surface area contributed by atoms with Crippen LogP contribution < -0.4 is 5.73 Å². The Morgan fingerprint density at radius 3 is 3.00 bits per heavy atom. The van der Waals surface area contributed by atoms with Crippen molar-refractivity contribution < 1.29 is 9.90 Å². The molecule has 2 heterocycles. The van der Waals surface area contributed by atoms with Gasteiger partial charge in [0.15, 0.2) is 0 Å². The number of hydrogen-bond acceptors (Lipinski definition) is 4. The number of aliphatic hydroxyl groups is 1. The number of amides is 1. The van der Waals surface area contributed by atoms with Crippen LogP contribution in [0.2, 0.25) is 0 Å². The van der Waals surface area contributed by atoms with Gasteiger partial charge in [-0.3, -0.25) is 4.79 Å². The van der Waals surface area contributed by atoms with Crippen LogP contribution in [-0.2, 0) is 4.79 Å². The van der Waals surface area contributed by atoms with Crippen LogP contribution in [0.5, 0.6) is 0 Å². The second kappa shape index (κ2) is 5.38. The monoisotopic (exact) mass is 268 g/mol. The number of carbonyl (C=O) groups excluding carboxylic acids is 1. The fraction of sp³-hybridized carbons (Fsp3) is 0.615. The molecule has 0 aromatic carbocycles. The van der Waals surface area contributed by atoms with Crippen LogP contribution in [0.3, 0.4) is 0 Å². The minimum absolute atomic E-state index is 0.0323. The lowest BCUT2D eigenvalue weighted by Crippen LogP contribution is -2.39. The molecule has 1 amide bonds. The van der Waals surface area contributed by atoms with Gasteiger partial charge in [-0.15, -0.1) is 11.3 Å². The molecular weight excluding hydrogens is 248 g/mol. The Morgan fingerprint density at radius 2 is 2.33 bits per heavy atom. The Hall–Kier alpha value is -0.910. The van der Waals surface area contributed by atoms with Crippen LogP contribution in [-0.4, -0.2) is 34.6 Å². The topological polar surface area (TPSA) is 66.6 Å². The summed E-state index contributed by atoms with van der Waals surface area (Å²) in [5.74, 6) is -0.0323. The zero-order valence-corrected chi connectivity index (χ0v) is 11.4. The van der Waals surface area contributed by atoms with Gasteiger partial charge in [-0.25, -0.2) is 0 Å². The smallest absolute Gasteiger partial charge is 0.244 e. The SMILES string of the molecule is CC1(O)CCCN(C(=O)C(N)c2cccs2)CC1. The van der Waals surface area contributed by atoms with Gasteiger partial charge in [-0.1, -0.05) is 6.07 Å². The molecule has 1 saturated heterocycles. The van der Waals surface area contributed by atoms with Crippen molar-refractivity contribution in [3.05, 3.63) is 22.4 Å². The summed E-state index contributed by atoms with van der Waals surface area (Å²) in [7, 11) is 0. The van der Waals surface area contributed by atoms with E-state index in [-0.39, 0.29) is 5.91 Å². The molecule has 18 heavy (non-hydrogen) atoms. The van der Waals surface area contributed by atoms with Crippen molar-refractivity contribution in [1.29, 1.82) is 0 Å². The summed E-state index contributed by atoms with van der Waals surface area (Å²) in [6.07, 6.45) is 2.19. The fourth-order valence-corrected chi connectivity index (χ4v) is 2.99. The molecule has 4 nitrogen and oxygen atoms in total. The maximum Gasteiger partial charge on any atom is 0.244 e. The third-order valence-electron chi connectivity index (χ3n) is 3.49. The van der Waals surface area contributed by atoms with Crippen LogP contribution in [0.4, 0.5) is 0 Å². The molecule has 0 radical (unpaired) electrons. The molecule has 100 valence electrons. The molecule has 1 aliphatic rings. The first-order valence-corrected chi connectivity index (χ1v) is 7.18. The molecule has 1 aromatic heterocycles. The van der Waals surface area contributed by atoms with Gasteiger partial charge in [0, 0.05) is 18.0 Å². The first kappa shape index (κ1) is 13.5. The highest BCUT2D eigenvalue weighted by Crippen LogP contribution is 2.24. The fourth-order valence-electron chi connectivity index (χ4n) is 2.27.